The second kappa shape index (κ2) is 7.76. The van der Waals surface area contributed by atoms with Gasteiger partial charge in [-0.15, -0.1) is 0 Å². The van der Waals surface area contributed by atoms with Crippen molar-refractivity contribution in [3.63, 3.8) is 0 Å². The molecule has 118 valence electrons. The molecule has 2 aromatic rings. The lowest BCUT2D eigenvalue weighted by Gasteiger charge is -2.04. The van der Waals surface area contributed by atoms with E-state index in [-0.39, 0.29) is 0 Å². The Morgan fingerprint density at radius 1 is 1.04 bits per heavy atom. The lowest BCUT2D eigenvalue weighted by atomic mass is 10.2. The van der Waals surface area contributed by atoms with E-state index in [2.05, 4.69) is 15.8 Å². The van der Waals surface area contributed by atoms with E-state index in [9.17, 15) is 9.59 Å². The third-order valence-electron chi connectivity index (χ3n) is 2.81. The van der Waals surface area contributed by atoms with Gasteiger partial charge >= 0.3 is 11.8 Å². The summed E-state index contributed by atoms with van der Waals surface area (Å²) in [6.45, 7) is 1.89. The highest BCUT2D eigenvalue weighted by Gasteiger charge is 2.12. The third kappa shape index (κ3) is 5.09. The Morgan fingerprint density at radius 2 is 1.83 bits per heavy atom. The summed E-state index contributed by atoms with van der Waals surface area (Å²) in [5, 5.41) is 6.99. The van der Waals surface area contributed by atoms with Crippen LogP contribution in [-0.2, 0) is 9.59 Å². The van der Waals surface area contributed by atoms with Crippen molar-refractivity contribution < 1.29 is 9.59 Å². The van der Waals surface area contributed by atoms with E-state index in [4.69, 9.17) is 23.2 Å². The SMILES string of the molecule is Cc1cccc(NC(=O)C(=O)NN=Cc2ccc(Cl)c(Cl)c2)c1. The van der Waals surface area contributed by atoms with E-state index in [1.54, 1.807) is 36.4 Å². The number of aryl methyl sites for hydroxylation is 1. The largest absolute Gasteiger partial charge is 0.329 e. The molecule has 0 aliphatic carbocycles. The molecule has 0 saturated heterocycles. The average molecular weight is 350 g/mol. The minimum atomic E-state index is -0.872. The molecule has 0 fully saturated rings. The summed E-state index contributed by atoms with van der Waals surface area (Å²) in [4.78, 5) is 23.4. The Bertz CT molecular complexity index is 776. The predicted octanol–water partition coefficient (Wildman–Crippen LogP) is 3.39. The zero-order valence-corrected chi connectivity index (χ0v) is 13.7. The molecule has 2 aromatic carbocycles. The minimum absolute atomic E-state index is 0.374. The molecule has 2 rings (SSSR count). The maximum Gasteiger partial charge on any atom is 0.329 e. The first kappa shape index (κ1) is 17.0. The number of anilines is 1. The van der Waals surface area contributed by atoms with Gasteiger partial charge in [-0.3, -0.25) is 9.59 Å². The van der Waals surface area contributed by atoms with Gasteiger partial charge in [0, 0.05) is 5.69 Å². The molecule has 0 radical (unpaired) electrons. The van der Waals surface area contributed by atoms with Crippen LogP contribution in [0.3, 0.4) is 0 Å². The highest BCUT2D eigenvalue weighted by atomic mass is 35.5. The second-order valence-electron chi connectivity index (χ2n) is 4.70. The molecule has 0 spiro atoms. The van der Waals surface area contributed by atoms with Crippen LogP contribution >= 0.6 is 23.2 Å². The summed E-state index contributed by atoms with van der Waals surface area (Å²) in [5.41, 5.74) is 4.29. The summed E-state index contributed by atoms with van der Waals surface area (Å²) in [7, 11) is 0. The molecule has 0 unspecified atom stereocenters. The molecule has 7 heteroatoms. The lowest BCUT2D eigenvalue weighted by Crippen LogP contribution is -2.32. The Kier molecular flexibility index (Phi) is 5.73. The molecule has 23 heavy (non-hydrogen) atoms. The second-order valence-corrected chi connectivity index (χ2v) is 5.51. The van der Waals surface area contributed by atoms with E-state index in [0.717, 1.165) is 5.56 Å². The van der Waals surface area contributed by atoms with Gasteiger partial charge in [0.25, 0.3) is 0 Å². The van der Waals surface area contributed by atoms with Crippen molar-refractivity contribution >= 4 is 46.9 Å². The van der Waals surface area contributed by atoms with Gasteiger partial charge in [-0.05, 0) is 42.3 Å². The van der Waals surface area contributed by atoms with E-state index in [0.29, 0.717) is 21.3 Å². The van der Waals surface area contributed by atoms with Crippen LogP contribution in [0.1, 0.15) is 11.1 Å². The van der Waals surface area contributed by atoms with Crippen molar-refractivity contribution in [3.8, 4) is 0 Å². The first-order chi connectivity index (χ1) is 11.0. The van der Waals surface area contributed by atoms with Gasteiger partial charge in [0.05, 0.1) is 16.3 Å². The van der Waals surface area contributed by atoms with Crippen molar-refractivity contribution in [2.45, 2.75) is 6.92 Å². The Morgan fingerprint density at radius 3 is 2.52 bits per heavy atom. The van der Waals surface area contributed by atoms with Crippen LogP contribution < -0.4 is 10.7 Å². The first-order valence-electron chi connectivity index (χ1n) is 6.62. The Balaban J connectivity index is 1.92. The molecule has 0 aliphatic heterocycles. The van der Waals surface area contributed by atoms with Crippen LogP contribution in [0, 0.1) is 6.92 Å². The number of rotatable bonds is 3. The normalized spacial score (nSPS) is 10.6. The lowest BCUT2D eigenvalue weighted by molar-refractivity contribution is -0.136. The fraction of sp³-hybridized carbons (Fsp3) is 0.0625. The number of amides is 2. The summed E-state index contributed by atoms with van der Waals surface area (Å²) in [6.07, 6.45) is 1.36. The van der Waals surface area contributed by atoms with E-state index in [1.807, 2.05) is 13.0 Å². The van der Waals surface area contributed by atoms with E-state index >= 15 is 0 Å². The number of benzene rings is 2. The van der Waals surface area contributed by atoms with E-state index < -0.39 is 11.8 Å². The first-order valence-corrected chi connectivity index (χ1v) is 7.37. The molecular formula is C16H13Cl2N3O2. The number of halogens is 2. The van der Waals surface area contributed by atoms with Crippen LogP contribution in [0.15, 0.2) is 47.6 Å². The van der Waals surface area contributed by atoms with Gasteiger partial charge in [0.1, 0.15) is 0 Å². The highest BCUT2D eigenvalue weighted by molar-refractivity contribution is 6.42. The molecule has 0 aliphatic rings. The van der Waals surface area contributed by atoms with Gasteiger partial charge < -0.3 is 5.32 Å². The maximum absolute atomic E-state index is 11.7. The zero-order valence-electron chi connectivity index (χ0n) is 12.1. The van der Waals surface area contributed by atoms with Crippen molar-refractivity contribution in [1.29, 1.82) is 0 Å². The number of carbonyl (C=O) groups is 2. The van der Waals surface area contributed by atoms with Crippen LogP contribution in [0.4, 0.5) is 5.69 Å². The molecule has 0 aromatic heterocycles. The standard InChI is InChI=1S/C16H13Cl2N3O2/c1-10-3-2-4-12(7-10)20-15(22)16(23)21-19-9-11-5-6-13(17)14(18)8-11/h2-9H,1H3,(H,20,22)(H,21,23). The van der Waals surface area contributed by atoms with Crippen molar-refractivity contribution in [3.05, 3.63) is 63.6 Å². The van der Waals surface area contributed by atoms with Crippen LogP contribution in [-0.4, -0.2) is 18.0 Å². The van der Waals surface area contributed by atoms with Crippen molar-refractivity contribution in [1.82, 2.24) is 5.43 Å². The fourth-order valence-corrected chi connectivity index (χ4v) is 2.03. The van der Waals surface area contributed by atoms with Gasteiger partial charge in [-0.1, -0.05) is 41.4 Å². The maximum atomic E-state index is 11.7. The smallest absolute Gasteiger partial charge is 0.318 e. The summed E-state index contributed by atoms with van der Waals surface area (Å²) >= 11 is 11.7. The van der Waals surface area contributed by atoms with Crippen LogP contribution in [0.2, 0.25) is 10.0 Å². The number of carbonyl (C=O) groups excluding carboxylic acids is 2. The van der Waals surface area contributed by atoms with Gasteiger partial charge in [0.15, 0.2) is 0 Å². The number of nitrogens with zero attached hydrogens (tertiary/aromatic N) is 1. The van der Waals surface area contributed by atoms with Crippen LogP contribution in [0.5, 0.6) is 0 Å². The van der Waals surface area contributed by atoms with E-state index in [1.165, 1.54) is 6.21 Å². The van der Waals surface area contributed by atoms with Gasteiger partial charge in [-0.25, -0.2) is 5.43 Å². The molecule has 0 heterocycles. The number of hydrogen-bond donors (Lipinski definition) is 2. The van der Waals surface area contributed by atoms with Gasteiger partial charge in [0.2, 0.25) is 0 Å². The molecule has 0 atom stereocenters. The molecule has 0 bridgehead atoms. The molecule has 5 nitrogen and oxygen atoms in total. The number of hydrazone groups is 1. The molecular weight excluding hydrogens is 337 g/mol. The summed E-state index contributed by atoms with van der Waals surface area (Å²) < 4.78 is 0. The monoisotopic (exact) mass is 349 g/mol. The highest BCUT2D eigenvalue weighted by Crippen LogP contribution is 2.21. The average Bonchev–Trinajstić information content (AvgIpc) is 2.50. The summed E-state index contributed by atoms with van der Waals surface area (Å²) in [6, 6.07) is 12.0. The third-order valence-corrected chi connectivity index (χ3v) is 3.54. The Hall–Kier alpha value is -2.37. The Labute approximate surface area is 143 Å². The quantitative estimate of drug-likeness (QED) is 0.506. The van der Waals surface area contributed by atoms with Crippen molar-refractivity contribution in [2.24, 2.45) is 5.10 Å². The number of hydrogen-bond acceptors (Lipinski definition) is 3. The predicted molar refractivity (Wildman–Crippen MR) is 92.0 cm³/mol. The molecule has 2 amide bonds. The topological polar surface area (TPSA) is 70.6 Å². The van der Waals surface area contributed by atoms with Gasteiger partial charge in [-0.2, -0.15) is 5.10 Å². The fourth-order valence-electron chi connectivity index (χ4n) is 1.72. The molecule has 2 N–H and O–H groups in total. The van der Waals surface area contributed by atoms with Crippen LogP contribution in [0.25, 0.3) is 0 Å². The zero-order chi connectivity index (χ0) is 16.8. The summed E-state index contributed by atoms with van der Waals surface area (Å²) in [5.74, 6) is -1.68. The number of nitrogens with one attached hydrogen (secondary N) is 2. The minimum Gasteiger partial charge on any atom is -0.318 e. The molecule has 0 saturated carbocycles. The van der Waals surface area contributed by atoms with Crippen molar-refractivity contribution in [2.75, 3.05) is 5.32 Å².